The number of aromatic nitrogens is 4. The Morgan fingerprint density at radius 2 is 2.04 bits per heavy atom. The van der Waals surface area contributed by atoms with Crippen molar-refractivity contribution in [1.29, 1.82) is 0 Å². The maximum Gasteiger partial charge on any atom is 0.417 e. The van der Waals surface area contributed by atoms with Crippen LogP contribution < -0.4 is 0 Å². The van der Waals surface area contributed by atoms with Crippen LogP contribution in [0.3, 0.4) is 0 Å². The van der Waals surface area contributed by atoms with E-state index in [1.54, 1.807) is 18.4 Å². The number of carbonyl (C=O) groups is 1. The fourth-order valence-corrected chi connectivity index (χ4v) is 3.18. The van der Waals surface area contributed by atoms with E-state index in [4.69, 9.17) is 0 Å². The van der Waals surface area contributed by atoms with Crippen LogP contribution in [0.1, 0.15) is 25.8 Å². The average Bonchev–Trinajstić information content (AvgIpc) is 3.23. The number of nitrogens with zero attached hydrogens (tertiary/aromatic N) is 5. The van der Waals surface area contributed by atoms with Crippen LogP contribution in [-0.2, 0) is 12.7 Å². The van der Waals surface area contributed by atoms with Crippen LogP contribution in [0, 0.1) is 6.92 Å². The van der Waals surface area contributed by atoms with Crippen LogP contribution in [0.5, 0.6) is 0 Å². The molecule has 3 aromatic rings. The van der Waals surface area contributed by atoms with Crippen molar-refractivity contribution in [3.05, 3.63) is 57.7 Å². The third-order valence-corrected chi connectivity index (χ3v) is 4.54. The minimum atomic E-state index is -4.46. The second kappa shape index (κ2) is 6.87. The number of carbonyl (C=O) groups excluding carboxylic acids is 1. The fourth-order valence-electron chi connectivity index (χ4n) is 2.23. The number of amides is 1. The summed E-state index contributed by atoms with van der Waals surface area (Å²) in [6, 6.07) is 6.00. The molecule has 0 aliphatic carbocycles. The van der Waals surface area contributed by atoms with E-state index < -0.39 is 11.7 Å². The second-order valence-corrected chi connectivity index (χ2v) is 7.00. The van der Waals surface area contributed by atoms with E-state index in [0.717, 1.165) is 20.5 Å². The van der Waals surface area contributed by atoms with Crippen molar-refractivity contribution in [3.63, 3.8) is 0 Å². The minimum Gasteiger partial charge on any atom is -0.335 e. The highest BCUT2D eigenvalue weighted by atomic mass is 32.1. The van der Waals surface area contributed by atoms with Gasteiger partial charge in [0, 0.05) is 23.0 Å². The van der Waals surface area contributed by atoms with E-state index in [1.165, 1.54) is 17.2 Å². The number of hydrogen-bond donors (Lipinski definition) is 0. The highest BCUT2D eigenvalue weighted by Crippen LogP contribution is 2.28. The van der Waals surface area contributed by atoms with Crippen molar-refractivity contribution >= 4 is 17.2 Å². The normalized spacial score (nSPS) is 11.6. The monoisotopic (exact) mass is 381 g/mol. The predicted octanol–water partition coefficient (Wildman–Crippen LogP) is 3.32. The second-order valence-electron chi connectivity index (χ2n) is 5.62. The van der Waals surface area contributed by atoms with Crippen LogP contribution in [0.15, 0.2) is 36.7 Å². The van der Waals surface area contributed by atoms with E-state index in [0.29, 0.717) is 12.7 Å². The summed E-state index contributed by atoms with van der Waals surface area (Å²) < 4.78 is 38.9. The van der Waals surface area contributed by atoms with Gasteiger partial charge in [0.05, 0.1) is 18.3 Å². The van der Waals surface area contributed by atoms with Gasteiger partial charge in [-0.1, -0.05) is 5.21 Å². The molecule has 3 rings (SSSR count). The number of thiophene rings is 1. The first-order valence-corrected chi connectivity index (χ1v) is 8.32. The number of halogens is 3. The summed E-state index contributed by atoms with van der Waals surface area (Å²) in [5.74, 6) is -0.199. The maximum absolute atomic E-state index is 12.6. The van der Waals surface area contributed by atoms with Crippen LogP contribution >= 0.6 is 11.3 Å². The smallest absolute Gasteiger partial charge is 0.335 e. The predicted molar refractivity (Wildman–Crippen MR) is 89.0 cm³/mol. The number of rotatable bonds is 4. The average molecular weight is 381 g/mol. The Hall–Kier alpha value is -2.75. The summed E-state index contributed by atoms with van der Waals surface area (Å²) in [4.78, 5) is 19.8. The first kappa shape index (κ1) is 18.1. The first-order valence-electron chi connectivity index (χ1n) is 7.51. The lowest BCUT2D eigenvalue weighted by Crippen LogP contribution is -2.26. The molecule has 0 fully saturated rings. The van der Waals surface area contributed by atoms with Gasteiger partial charge in [-0.05, 0) is 31.2 Å². The lowest BCUT2D eigenvalue weighted by molar-refractivity contribution is -0.137. The highest BCUT2D eigenvalue weighted by molar-refractivity contribution is 7.11. The van der Waals surface area contributed by atoms with Crippen LogP contribution in [0.25, 0.3) is 5.82 Å². The van der Waals surface area contributed by atoms with Crippen LogP contribution in [0.2, 0.25) is 0 Å². The summed E-state index contributed by atoms with van der Waals surface area (Å²) in [7, 11) is 1.65. The molecule has 0 spiro atoms. The minimum absolute atomic E-state index is 0.0856. The third-order valence-electron chi connectivity index (χ3n) is 3.56. The van der Waals surface area contributed by atoms with Gasteiger partial charge >= 0.3 is 6.18 Å². The SMILES string of the molecule is Cc1ccc(CN(C)C(=O)c2cn(-c3ccc(C(F)(F)F)cn3)nn2)s1. The Morgan fingerprint density at radius 1 is 1.27 bits per heavy atom. The molecule has 3 aromatic heterocycles. The molecule has 0 aromatic carbocycles. The quantitative estimate of drug-likeness (QED) is 0.696. The van der Waals surface area contributed by atoms with Crippen molar-refractivity contribution < 1.29 is 18.0 Å². The van der Waals surface area contributed by atoms with Crippen LogP contribution in [0.4, 0.5) is 13.2 Å². The van der Waals surface area contributed by atoms with Gasteiger partial charge in [-0.2, -0.15) is 13.2 Å². The Morgan fingerprint density at radius 3 is 2.62 bits per heavy atom. The Kier molecular flexibility index (Phi) is 4.77. The molecule has 0 saturated heterocycles. The summed E-state index contributed by atoms with van der Waals surface area (Å²) in [6.07, 6.45) is -2.41. The molecule has 10 heteroatoms. The molecule has 0 unspecified atom stereocenters. The zero-order valence-electron chi connectivity index (χ0n) is 13.9. The Balaban J connectivity index is 1.73. The summed E-state index contributed by atoms with van der Waals surface area (Å²) in [5, 5.41) is 7.57. The van der Waals surface area contributed by atoms with E-state index in [-0.39, 0.29) is 17.4 Å². The Labute approximate surface area is 150 Å². The van der Waals surface area contributed by atoms with Crippen molar-refractivity contribution in [1.82, 2.24) is 24.9 Å². The molecule has 0 bridgehead atoms. The van der Waals surface area contributed by atoms with Crippen molar-refractivity contribution in [2.24, 2.45) is 0 Å². The van der Waals surface area contributed by atoms with E-state index in [9.17, 15) is 18.0 Å². The lowest BCUT2D eigenvalue weighted by Gasteiger charge is -2.14. The summed E-state index contributed by atoms with van der Waals surface area (Å²) in [6.45, 7) is 2.42. The van der Waals surface area contributed by atoms with Crippen molar-refractivity contribution in [2.45, 2.75) is 19.6 Å². The summed E-state index contributed by atoms with van der Waals surface area (Å²) in [5.41, 5.74) is -0.772. The summed E-state index contributed by atoms with van der Waals surface area (Å²) >= 11 is 1.60. The molecule has 0 atom stereocenters. The molecule has 0 aliphatic rings. The zero-order valence-corrected chi connectivity index (χ0v) is 14.7. The molecule has 3 heterocycles. The first-order chi connectivity index (χ1) is 12.2. The molecule has 0 N–H and O–H groups in total. The van der Waals surface area contributed by atoms with Gasteiger partial charge in [0.25, 0.3) is 5.91 Å². The van der Waals surface area contributed by atoms with E-state index in [1.807, 2.05) is 19.1 Å². The number of aryl methyl sites for hydroxylation is 1. The van der Waals surface area contributed by atoms with Crippen molar-refractivity contribution in [2.75, 3.05) is 7.05 Å². The fraction of sp³-hybridized carbons (Fsp3) is 0.250. The van der Waals surface area contributed by atoms with Gasteiger partial charge in [-0.3, -0.25) is 4.79 Å². The molecule has 6 nitrogen and oxygen atoms in total. The topological polar surface area (TPSA) is 63.9 Å². The largest absolute Gasteiger partial charge is 0.417 e. The Bertz CT molecular complexity index is 917. The molecular formula is C16H14F3N5OS. The third kappa shape index (κ3) is 3.90. The van der Waals surface area contributed by atoms with Gasteiger partial charge in [0.2, 0.25) is 0 Å². The molecule has 26 heavy (non-hydrogen) atoms. The van der Waals surface area contributed by atoms with Gasteiger partial charge in [-0.15, -0.1) is 16.4 Å². The molecule has 0 aliphatic heterocycles. The van der Waals surface area contributed by atoms with Gasteiger partial charge in [0.15, 0.2) is 11.5 Å². The van der Waals surface area contributed by atoms with Crippen LogP contribution in [-0.4, -0.2) is 37.8 Å². The zero-order chi connectivity index (χ0) is 18.9. The number of alkyl halides is 3. The van der Waals surface area contributed by atoms with Gasteiger partial charge < -0.3 is 4.90 Å². The van der Waals surface area contributed by atoms with E-state index >= 15 is 0 Å². The maximum atomic E-state index is 12.6. The molecule has 0 saturated carbocycles. The number of hydrogen-bond acceptors (Lipinski definition) is 5. The molecule has 1 amide bonds. The number of pyridine rings is 1. The van der Waals surface area contributed by atoms with Crippen molar-refractivity contribution in [3.8, 4) is 5.82 Å². The van der Waals surface area contributed by atoms with Gasteiger partial charge in [0.1, 0.15) is 0 Å². The molecule has 0 radical (unpaired) electrons. The lowest BCUT2D eigenvalue weighted by atomic mass is 10.3. The highest BCUT2D eigenvalue weighted by Gasteiger charge is 2.30. The molecule has 136 valence electrons. The van der Waals surface area contributed by atoms with E-state index in [2.05, 4.69) is 15.3 Å². The molecular weight excluding hydrogens is 367 g/mol. The standard InChI is InChI=1S/C16H14F3N5OS/c1-10-3-5-12(26-10)8-23(2)15(25)13-9-24(22-21-13)14-6-4-11(7-20-14)16(17,18)19/h3-7,9H,8H2,1-2H3. The van der Waals surface area contributed by atoms with Gasteiger partial charge in [-0.25, -0.2) is 9.67 Å².